The number of aliphatic hydroxyl groups is 1. The zero-order valence-corrected chi connectivity index (χ0v) is 10.7. The number of fused-ring (bicyclic) bond motifs is 1. The van der Waals surface area contributed by atoms with Crippen molar-refractivity contribution in [2.45, 2.75) is 19.3 Å². The fourth-order valence-electron chi connectivity index (χ4n) is 2.04. The highest BCUT2D eigenvalue weighted by atomic mass is 16.3. The zero-order chi connectivity index (χ0) is 13.2. The maximum absolute atomic E-state index is 11.2. The lowest BCUT2D eigenvalue weighted by molar-refractivity contribution is 0.286. The molecule has 0 fully saturated rings. The van der Waals surface area contributed by atoms with Crippen LogP contribution in [-0.2, 0) is 5.41 Å². The lowest BCUT2D eigenvalue weighted by Gasteiger charge is -2.25. The minimum absolute atomic E-state index is 0.0580. The number of aromatic nitrogens is 2. The van der Waals surface area contributed by atoms with E-state index < -0.39 is 0 Å². The van der Waals surface area contributed by atoms with E-state index in [0.29, 0.717) is 6.54 Å². The fraction of sp³-hybridized carbons (Fsp3) is 0.462. The molecule has 0 atom stereocenters. The molecular weight excluding hydrogens is 230 g/mol. The minimum Gasteiger partial charge on any atom is -0.395 e. The van der Waals surface area contributed by atoms with Crippen molar-refractivity contribution < 1.29 is 5.11 Å². The number of H-pyrrole nitrogens is 2. The van der Waals surface area contributed by atoms with Crippen LogP contribution in [0, 0.1) is 0 Å². The van der Waals surface area contributed by atoms with Gasteiger partial charge in [0.2, 0.25) is 0 Å². The van der Waals surface area contributed by atoms with Crippen molar-refractivity contribution in [2.75, 3.05) is 19.7 Å². The lowest BCUT2D eigenvalue weighted by Crippen LogP contribution is -2.34. The zero-order valence-electron chi connectivity index (χ0n) is 10.7. The summed E-state index contributed by atoms with van der Waals surface area (Å²) in [5, 5.41) is 12.0. The Bertz CT molecular complexity index is 583. The molecule has 0 saturated heterocycles. The van der Waals surface area contributed by atoms with Crippen LogP contribution in [-0.4, -0.2) is 34.8 Å². The molecule has 4 N–H and O–H groups in total. The summed E-state index contributed by atoms with van der Waals surface area (Å²) < 4.78 is 0. The summed E-state index contributed by atoms with van der Waals surface area (Å²) >= 11 is 0. The summed E-state index contributed by atoms with van der Waals surface area (Å²) in [7, 11) is 0. The Labute approximate surface area is 105 Å². The monoisotopic (exact) mass is 249 g/mol. The van der Waals surface area contributed by atoms with Gasteiger partial charge in [-0.3, -0.25) is 0 Å². The van der Waals surface area contributed by atoms with Crippen molar-refractivity contribution in [3.8, 4) is 0 Å². The number of rotatable bonds is 5. The lowest BCUT2D eigenvalue weighted by atomic mass is 9.84. The Kier molecular flexibility index (Phi) is 3.54. The second-order valence-corrected chi connectivity index (χ2v) is 5.12. The van der Waals surface area contributed by atoms with E-state index in [0.717, 1.165) is 23.1 Å². The first-order chi connectivity index (χ1) is 8.53. The number of hydrogen-bond acceptors (Lipinski definition) is 3. The van der Waals surface area contributed by atoms with E-state index >= 15 is 0 Å². The van der Waals surface area contributed by atoms with Gasteiger partial charge in [0.05, 0.1) is 17.6 Å². The predicted molar refractivity (Wildman–Crippen MR) is 71.9 cm³/mol. The fourth-order valence-corrected chi connectivity index (χ4v) is 2.04. The smallest absolute Gasteiger partial charge is 0.323 e. The molecule has 5 heteroatoms. The van der Waals surface area contributed by atoms with Crippen molar-refractivity contribution in [1.29, 1.82) is 0 Å². The third kappa shape index (κ3) is 2.63. The number of benzene rings is 1. The first kappa shape index (κ1) is 12.9. The second kappa shape index (κ2) is 4.96. The first-order valence-corrected chi connectivity index (χ1v) is 6.07. The average molecular weight is 249 g/mol. The maximum atomic E-state index is 11.2. The van der Waals surface area contributed by atoms with E-state index in [1.165, 1.54) is 0 Å². The van der Waals surface area contributed by atoms with Gasteiger partial charge < -0.3 is 20.4 Å². The van der Waals surface area contributed by atoms with Crippen molar-refractivity contribution in [3.05, 3.63) is 34.2 Å². The van der Waals surface area contributed by atoms with E-state index in [1.54, 1.807) is 0 Å². The Balaban J connectivity index is 2.25. The van der Waals surface area contributed by atoms with Crippen LogP contribution in [0.25, 0.3) is 11.0 Å². The molecule has 0 bridgehead atoms. The molecule has 0 aliphatic rings. The Morgan fingerprint density at radius 1 is 1.28 bits per heavy atom. The number of aromatic amines is 2. The van der Waals surface area contributed by atoms with Crippen LogP contribution >= 0.6 is 0 Å². The first-order valence-electron chi connectivity index (χ1n) is 6.07. The van der Waals surface area contributed by atoms with Crippen LogP contribution in [0.4, 0.5) is 0 Å². The molecule has 0 spiro atoms. The van der Waals surface area contributed by atoms with E-state index in [4.69, 9.17) is 5.11 Å². The van der Waals surface area contributed by atoms with Gasteiger partial charge in [0, 0.05) is 18.5 Å². The summed E-state index contributed by atoms with van der Waals surface area (Å²) in [6.07, 6.45) is 0. The summed E-state index contributed by atoms with van der Waals surface area (Å²) in [6.45, 7) is 5.76. The number of imidazole rings is 1. The average Bonchev–Trinajstić information content (AvgIpc) is 2.68. The normalized spacial score (nSPS) is 12.2. The molecule has 1 aromatic heterocycles. The van der Waals surface area contributed by atoms with Crippen molar-refractivity contribution >= 4 is 11.0 Å². The van der Waals surface area contributed by atoms with E-state index in [1.807, 2.05) is 18.2 Å². The molecule has 2 rings (SSSR count). The van der Waals surface area contributed by atoms with E-state index in [-0.39, 0.29) is 17.7 Å². The second-order valence-electron chi connectivity index (χ2n) is 5.12. The van der Waals surface area contributed by atoms with E-state index in [9.17, 15) is 4.79 Å². The van der Waals surface area contributed by atoms with E-state index in [2.05, 4.69) is 29.1 Å². The highest BCUT2D eigenvalue weighted by Crippen LogP contribution is 2.24. The van der Waals surface area contributed by atoms with Gasteiger partial charge in [0.1, 0.15) is 0 Å². The Morgan fingerprint density at radius 2 is 2.00 bits per heavy atom. The molecule has 18 heavy (non-hydrogen) atoms. The molecule has 0 saturated carbocycles. The Hall–Kier alpha value is -1.59. The van der Waals surface area contributed by atoms with Gasteiger partial charge in [-0.1, -0.05) is 19.9 Å². The van der Waals surface area contributed by atoms with Crippen LogP contribution in [0.1, 0.15) is 19.4 Å². The molecule has 0 amide bonds. The summed E-state index contributed by atoms with van der Waals surface area (Å²) in [5.41, 5.74) is 2.56. The third-order valence-corrected chi connectivity index (χ3v) is 3.15. The van der Waals surface area contributed by atoms with Crippen LogP contribution in [0.5, 0.6) is 0 Å². The molecule has 98 valence electrons. The van der Waals surface area contributed by atoms with Gasteiger partial charge >= 0.3 is 5.69 Å². The van der Waals surface area contributed by atoms with Crippen LogP contribution in [0.3, 0.4) is 0 Å². The van der Waals surface area contributed by atoms with Crippen LogP contribution in [0.15, 0.2) is 23.0 Å². The van der Waals surface area contributed by atoms with Crippen molar-refractivity contribution in [2.24, 2.45) is 0 Å². The minimum atomic E-state index is -0.182. The van der Waals surface area contributed by atoms with Gasteiger partial charge in [0.15, 0.2) is 0 Å². The molecule has 0 unspecified atom stereocenters. The van der Waals surface area contributed by atoms with Gasteiger partial charge in [-0.2, -0.15) is 0 Å². The standard InChI is InChI=1S/C13H19N3O2/c1-13(2,8-14-5-6-17)9-3-4-10-11(7-9)16-12(18)15-10/h3-4,7,14,17H,5-6,8H2,1-2H3,(H2,15,16,18). The molecule has 1 heterocycles. The highest BCUT2D eigenvalue weighted by Gasteiger charge is 2.20. The predicted octanol–water partition coefficient (Wildman–Crippen LogP) is 0.716. The van der Waals surface area contributed by atoms with Crippen molar-refractivity contribution in [3.63, 3.8) is 0 Å². The molecule has 0 radical (unpaired) electrons. The largest absolute Gasteiger partial charge is 0.395 e. The van der Waals surface area contributed by atoms with Gasteiger partial charge in [-0.15, -0.1) is 0 Å². The van der Waals surface area contributed by atoms with Gasteiger partial charge in [0.25, 0.3) is 0 Å². The summed E-state index contributed by atoms with van der Waals surface area (Å²) in [5.74, 6) is 0. The number of aliphatic hydroxyl groups excluding tert-OH is 1. The SMILES string of the molecule is CC(C)(CNCCO)c1ccc2[nH]c(=O)[nH]c2c1. The summed E-state index contributed by atoms with van der Waals surface area (Å²) in [6, 6.07) is 5.93. The number of hydrogen-bond donors (Lipinski definition) is 4. The molecule has 5 nitrogen and oxygen atoms in total. The van der Waals surface area contributed by atoms with Gasteiger partial charge in [-0.25, -0.2) is 4.79 Å². The molecular formula is C13H19N3O2. The van der Waals surface area contributed by atoms with Crippen LogP contribution in [0.2, 0.25) is 0 Å². The van der Waals surface area contributed by atoms with Crippen molar-refractivity contribution in [1.82, 2.24) is 15.3 Å². The molecule has 0 aliphatic heterocycles. The molecule has 2 aromatic rings. The number of nitrogens with one attached hydrogen (secondary N) is 3. The Morgan fingerprint density at radius 3 is 2.72 bits per heavy atom. The molecule has 1 aromatic carbocycles. The highest BCUT2D eigenvalue weighted by molar-refractivity contribution is 5.75. The maximum Gasteiger partial charge on any atom is 0.323 e. The quantitative estimate of drug-likeness (QED) is 0.589. The van der Waals surface area contributed by atoms with Crippen LogP contribution < -0.4 is 11.0 Å². The molecule has 0 aliphatic carbocycles. The summed E-state index contributed by atoms with van der Waals surface area (Å²) in [4.78, 5) is 16.7. The van der Waals surface area contributed by atoms with Gasteiger partial charge in [-0.05, 0) is 17.7 Å². The third-order valence-electron chi connectivity index (χ3n) is 3.15. The topological polar surface area (TPSA) is 80.9 Å².